The first-order valence-corrected chi connectivity index (χ1v) is 8.82. The lowest BCUT2D eigenvalue weighted by Gasteiger charge is -2.37. The van der Waals surface area contributed by atoms with Crippen molar-refractivity contribution < 1.29 is 0 Å². The van der Waals surface area contributed by atoms with Gasteiger partial charge in [0.1, 0.15) is 0 Å². The first kappa shape index (κ1) is 15.1. The fraction of sp³-hybridized carbons (Fsp3) is 0.263. The van der Waals surface area contributed by atoms with Gasteiger partial charge in [0, 0.05) is 14.4 Å². The first-order valence-electron chi connectivity index (χ1n) is 7.23. The topological polar surface area (TPSA) is 0 Å². The Morgan fingerprint density at radius 1 is 1.05 bits per heavy atom. The standard InChI is InChI=1S/C19H18Br2/c1-3-4-9-19(2)12-13-5-6-14(20)10-16(13)17-11-15(21)7-8-18(17)19/h3-8,10-11H,9,12H2,1-2H3/b4-3-. The van der Waals surface area contributed by atoms with Crippen molar-refractivity contribution in [1.82, 2.24) is 0 Å². The van der Waals surface area contributed by atoms with Gasteiger partial charge in [0.05, 0.1) is 0 Å². The molecule has 0 aliphatic heterocycles. The normalized spacial score (nSPS) is 20.4. The van der Waals surface area contributed by atoms with Gasteiger partial charge in [0.2, 0.25) is 0 Å². The Morgan fingerprint density at radius 3 is 2.43 bits per heavy atom. The van der Waals surface area contributed by atoms with E-state index in [0.29, 0.717) is 0 Å². The molecule has 2 heteroatoms. The lowest BCUT2D eigenvalue weighted by atomic mass is 9.67. The van der Waals surface area contributed by atoms with E-state index in [1.165, 1.54) is 22.3 Å². The number of hydrogen-bond donors (Lipinski definition) is 0. The third kappa shape index (κ3) is 2.76. The molecule has 0 radical (unpaired) electrons. The molecule has 1 aliphatic carbocycles. The Bertz CT molecular complexity index is 716. The predicted molar refractivity (Wildman–Crippen MR) is 97.8 cm³/mol. The summed E-state index contributed by atoms with van der Waals surface area (Å²) in [6.45, 7) is 4.48. The van der Waals surface area contributed by atoms with Gasteiger partial charge in [0.25, 0.3) is 0 Å². The molecule has 0 amide bonds. The molecule has 0 saturated heterocycles. The third-order valence-electron chi connectivity index (χ3n) is 4.38. The van der Waals surface area contributed by atoms with Crippen molar-refractivity contribution >= 4 is 31.9 Å². The van der Waals surface area contributed by atoms with Crippen molar-refractivity contribution in [1.29, 1.82) is 0 Å². The Kier molecular flexibility index (Phi) is 4.11. The van der Waals surface area contributed by atoms with E-state index in [9.17, 15) is 0 Å². The SMILES string of the molecule is C/C=C\CC1(C)Cc2ccc(Br)cc2-c2cc(Br)ccc21. The van der Waals surface area contributed by atoms with E-state index in [0.717, 1.165) is 21.8 Å². The maximum atomic E-state index is 3.63. The molecular formula is C19H18Br2. The summed E-state index contributed by atoms with van der Waals surface area (Å²) >= 11 is 7.23. The minimum Gasteiger partial charge on any atom is -0.0916 e. The van der Waals surface area contributed by atoms with E-state index in [-0.39, 0.29) is 5.41 Å². The van der Waals surface area contributed by atoms with E-state index in [4.69, 9.17) is 0 Å². The van der Waals surface area contributed by atoms with Crippen LogP contribution in [0.2, 0.25) is 0 Å². The van der Waals surface area contributed by atoms with Crippen molar-refractivity contribution in [3.63, 3.8) is 0 Å². The van der Waals surface area contributed by atoms with Gasteiger partial charge in [-0.3, -0.25) is 0 Å². The summed E-state index contributed by atoms with van der Waals surface area (Å²) in [6, 6.07) is 13.4. The summed E-state index contributed by atoms with van der Waals surface area (Å²) in [4.78, 5) is 0. The molecule has 0 heterocycles. The predicted octanol–water partition coefficient (Wildman–Crippen LogP) is 6.66. The third-order valence-corrected chi connectivity index (χ3v) is 5.37. The van der Waals surface area contributed by atoms with Crippen molar-refractivity contribution in [3.05, 3.63) is 68.6 Å². The van der Waals surface area contributed by atoms with E-state index in [1.807, 2.05) is 0 Å². The second-order valence-electron chi connectivity index (χ2n) is 6.00. The Hall–Kier alpha value is -0.860. The summed E-state index contributed by atoms with van der Waals surface area (Å²) in [5, 5.41) is 0. The second kappa shape index (κ2) is 5.73. The van der Waals surface area contributed by atoms with Crippen LogP contribution in [0.5, 0.6) is 0 Å². The molecular weight excluding hydrogens is 388 g/mol. The highest BCUT2D eigenvalue weighted by atomic mass is 79.9. The van der Waals surface area contributed by atoms with Crippen LogP contribution in [0.15, 0.2) is 57.5 Å². The van der Waals surface area contributed by atoms with Crippen LogP contribution in [-0.4, -0.2) is 0 Å². The molecule has 0 N–H and O–H groups in total. The van der Waals surface area contributed by atoms with Gasteiger partial charge >= 0.3 is 0 Å². The van der Waals surface area contributed by atoms with Gasteiger partial charge in [-0.15, -0.1) is 0 Å². The fourth-order valence-corrected chi connectivity index (χ4v) is 4.02. The van der Waals surface area contributed by atoms with Crippen LogP contribution in [0.4, 0.5) is 0 Å². The van der Waals surface area contributed by atoms with Gasteiger partial charge in [-0.25, -0.2) is 0 Å². The van der Waals surface area contributed by atoms with E-state index in [2.05, 4.69) is 94.3 Å². The lowest BCUT2D eigenvalue weighted by Crippen LogP contribution is -2.28. The second-order valence-corrected chi connectivity index (χ2v) is 7.83. The summed E-state index contributed by atoms with van der Waals surface area (Å²) in [6.07, 6.45) is 6.61. The molecule has 1 aliphatic rings. The average Bonchev–Trinajstić information content (AvgIpc) is 2.46. The summed E-state index contributed by atoms with van der Waals surface area (Å²) < 4.78 is 2.28. The van der Waals surface area contributed by atoms with Crippen LogP contribution in [0.1, 0.15) is 31.4 Å². The van der Waals surface area contributed by atoms with Crippen LogP contribution in [0.3, 0.4) is 0 Å². The molecule has 3 rings (SSSR count). The Labute approximate surface area is 143 Å². The molecule has 2 aromatic rings. The molecule has 0 nitrogen and oxygen atoms in total. The van der Waals surface area contributed by atoms with Crippen LogP contribution in [0.25, 0.3) is 11.1 Å². The zero-order chi connectivity index (χ0) is 15.0. The number of benzene rings is 2. The highest BCUT2D eigenvalue weighted by Gasteiger charge is 2.33. The highest BCUT2D eigenvalue weighted by Crippen LogP contribution is 2.46. The van der Waals surface area contributed by atoms with E-state index < -0.39 is 0 Å². The van der Waals surface area contributed by atoms with Crippen LogP contribution < -0.4 is 0 Å². The summed E-state index contributed by atoms with van der Waals surface area (Å²) in [7, 11) is 0. The minimum absolute atomic E-state index is 0.170. The van der Waals surface area contributed by atoms with E-state index >= 15 is 0 Å². The minimum atomic E-state index is 0.170. The van der Waals surface area contributed by atoms with Crippen LogP contribution in [0, 0.1) is 0 Å². The van der Waals surface area contributed by atoms with E-state index in [1.54, 1.807) is 0 Å². The first-order chi connectivity index (χ1) is 10.0. The summed E-state index contributed by atoms with van der Waals surface area (Å²) in [5.41, 5.74) is 5.78. The quantitative estimate of drug-likeness (QED) is 0.490. The molecule has 0 spiro atoms. The molecule has 0 bridgehead atoms. The van der Waals surface area contributed by atoms with Crippen molar-refractivity contribution in [2.75, 3.05) is 0 Å². The summed E-state index contributed by atoms with van der Waals surface area (Å²) in [5.74, 6) is 0. The molecule has 0 saturated carbocycles. The number of rotatable bonds is 2. The molecule has 0 fully saturated rings. The average molecular weight is 406 g/mol. The Balaban J connectivity index is 2.23. The van der Waals surface area contributed by atoms with Crippen molar-refractivity contribution in [2.24, 2.45) is 0 Å². The number of allylic oxidation sites excluding steroid dienone is 2. The van der Waals surface area contributed by atoms with Gasteiger partial charge in [-0.05, 0) is 66.3 Å². The van der Waals surface area contributed by atoms with Gasteiger partial charge < -0.3 is 0 Å². The molecule has 21 heavy (non-hydrogen) atoms. The highest BCUT2D eigenvalue weighted by molar-refractivity contribution is 9.10. The van der Waals surface area contributed by atoms with Crippen molar-refractivity contribution in [3.8, 4) is 11.1 Å². The monoisotopic (exact) mass is 404 g/mol. The smallest absolute Gasteiger partial charge is 0.0181 e. The molecule has 0 aromatic heterocycles. The Morgan fingerprint density at radius 2 is 1.71 bits per heavy atom. The molecule has 2 aromatic carbocycles. The maximum Gasteiger partial charge on any atom is 0.0181 e. The molecule has 1 atom stereocenters. The molecule has 108 valence electrons. The number of fused-ring (bicyclic) bond motifs is 3. The maximum absolute atomic E-state index is 3.63. The zero-order valence-electron chi connectivity index (χ0n) is 12.3. The van der Waals surface area contributed by atoms with Gasteiger partial charge in [0.15, 0.2) is 0 Å². The largest absolute Gasteiger partial charge is 0.0916 e. The van der Waals surface area contributed by atoms with Crippen LogP contribution >= 0.6 is 31.9 Å². The van der Waals surface area contributed by atoms with Gasteiger partial charge in [-0.2, -0.15) is 0 Å². The van der Waals surface area contributed by atoms with Crippen LogP contribution in [-0.2, 0) is 11.8 Å². The number of halogens is 2. The fourth-order valence-electron chi connectivity index (χ4n) is 3.29. The zero-order valence-corrected chi connectivity index (χ0v) is 15.5. The molecule has 1 unspecified atom stereocenters. The van der Waals surface area contributed by atoms with Gasteiger partial charge in [-0.1, -0.05) is 63.1 Å². The number of hydrogen-bond acceptors (Lipinski definition) is 0. The lowest BCUT2D eigenvalue weighted by molar-refractivity contribution is 0.470. The van der Waals surface area contributed by atoms with Crippen molar-refractivity contribution in [2.45, 2.75) is 32.1 Å².